The van der Waals surface area contributed by atoms with E-state index in [2.05, 4.69) is 53.7 Å². The van der Waals surface area contributed by atoms with Crippen LogP contribution >= 0.6 is 0 Å². The molecule has 2 nitrogen and oxygen atoms in total. The van der Waals surface area contributed by atoms with Gasteiger partial charge in [-0.15, -0.1) is 0 Å². The van der Waals surface area contributed by atoms with Crippen LogP contribution in [0.1, 0.15) is 77.0 Å². The molecule has 0 saturated carbocycles. The van der Waals surface area contributed by atoms with Crippen molar-refractivity contribution >= 4 is 13.2 Å². The van der Waals surface area contributed by atoms with Crippen molar-refractivity contribution in [3.63, 3.8) is 0 Å². The summed E-state index contributed by atoms with van der Waals surface area (Å²) in [6.07, 6.45) is 1.64. The SMILES string of the molecule is CC.CC(C)(C)Cc1oc(-c2cccc(C(C)(C)C)c2)bc1C=O. The zero-order valence-corrected chi connectivity index (χ0v) is 16.5. The van der Waals surface area contributed by atoms with Crippen molar-refractivity contribution < 1.29 is 9.21 Å². The molecule has 24 heavy (non-hydrogen) atoms. The zero-order chi connectivity index (χ0) is 18.5. The number of hydrogen-bond donors (Lipinski definition) is 0. The molecule has 0 saturated heterocycles. The summed E-state index contributed by atoms with van der Waals surface area (Å²) in [5.74, 6) is 0.777. The molecule has 0 spiro atoms. The van der Waals surface area contributed by atoms with Gasteiger partial charge >= 0.3 is 133 Å². The van der Waals surface area contributed by atoms with E-state index in [1.807, 2.05) is 32.9 Å². The molecule has 0 N–H and O–H groups in total. The molecule has 0 atom stereocenters. The summed E-state index contributed by atoms with van der Waals surface area (Å²) in [6.45, 7) is 18.9. The predicted molar refractivity (Wildman–Crippen MR) is 104 cm³/mol. The first-order valence-corrected chi connectivity index (χ1v) is 8.79. The van der Waals surface area contributed by atoms with Crippen LogP contribution in [0, 0.1) is 5.41 Å². The van der Waals surface area contributed by atoms with Gasteiger partial charge in [0.05, 0.1) is 0 Å². The predicted octanol–water partition coefficient (Wildman–Crippen LogP) is 6.01. The minimum atomic E-state index is 0.0835. The van der Waals surface area contributed by atoms with Gasteiger partial charge in [0.15, 0.2) is 0 Å². The van der Waals surface area contributed by atoms with Crippen molar-refractivity contribution in [1.82, 2.24) is 0 Å². The van der Waals surface area contributed by atoms with Gasteiger partial charge in [0, 0.05) is 0 Å². The van der Waals surface area contributed by atoms with Crippen LogP contribution in [0.3, 0.4) is 0 Å². The Labute approximate surface area is 147 Å². The van der Waals surface area contributed by atoms with E-state index in [9.17, 15) is 4.79 Å². The topological polar surface area (TPSA) is 30.2 Å². The van der Waals surface area contributed by atoms with Crippen LogP contribution in [0.25, 0.3) is 11.2 Å². The van der Waals surface area contributed by atoms with Crippen molar-refractivity contribution in [2.75, 3.05) is 0 Å². The van der Waals surface area contributed by atoms with Crippen molar-refractivity contribution in [2.45, 2.75) is 67.2 Å². The summed E-state index contributed by atoms with van der Waals surface area (Å²) < 4.78 is 6.00. The number of benzene rings is 1. The summed E-state index contributed by atoms with van der Waals surface area (Å²) in [5.41, 5.74) is 3.88. The second-order valence-electron chi connectivity index (χ2n) is 8.18. The fraction of sp³-hybridized carbons (Fsp3) is 0.524. The summed E-state index contributed by atoms with van der Waals surface area (Å²) in [5, 5.41) is 0. The maximum atomic E-state index is 11.3. The maximum absolute atomic E-state index is 11.3. The number of aldehydes is 1. The van der Waals surface area contributed by atoms with E-state index in [0.717, 1.165) is 29.7 Å². The van der Waals surface area contributed by atoms with Gasteiger partial charge in [-0.2, -0.15) is 0 Å². The Balaban J connectivity index is 0.00000139. The molecule has 0 amide bonds. The third-order valence-corrected chi connectivity index (χ3v) is 3.67. The van der Waals surface area contributed by atoms with Crippen LogP contribution in [-0.2, 0) is 11.8 Å². The Hall–Kier alpha value is -1.64. The van der Waals surface area contributed by atoms with Crippen LogP contribution in [0.15, 0.2) is 28.7 Å². The van der Waals surface area contributed by atoms with Gasteiger partial charge in [-0.25, -0.2) is 0 Å². The fourth-order valence-electron chi connectivity index (χ4n) is 2.44. The molecule has 2 aromatic rings. The van der Waals surface area contributed by atoms with Gasteiger partial charge in [-0.1, -0.05) is 13.8 Å². The molecule has 1 aromatic heterocycles. The van der Waals surface area contributed by atoms with E-state index in [1.54, 1.807) is 0 Å². The molecule has 130 valence electrons. The van der Waals surface area contributed by atoms with Crippen LogP contribution in [0.4, 0.5) is 0 Å². The quantitative estimate of drug-likeness (QED) is 0.647. The van der Waals surface area contributed by atoms with Crippen LogP contribution in [0.5, 0.6) is 0 Å². The number of hydrogen-bond acceptors (Lipinski definition) is 2. The Kier molecular flexibility index (Phi) is 6.77. The second kappa shape index (κ2) is 7.96. The van der Waals surface area contributed by atoms with E-state index in [4.69, 9.17) is 4.42 Å². The summed E-state index contributed by atoms with van der Waals surface area (Å²) >= 11 is 0. The molecule has 0 unspecified atom stereocenters. The number of carbonyl (C=O) groups is 1. The average Bonchev–Trinajstić information content (AvgIpc) is 2.89. The third-order valence-electron chi connectivity index (χ3n) is 3.67. The molecule has 0 aliphatic heterocycles. The van der Waals surface area contributed by atoms with Crippen molar-refractivity contribution in [3.8, 4) is 11.2 Å². The number of carbonyl (C=O) groups excluding carboxylic acids is 1. The van der Waals surface area contributed by atoms with E-state index < -0.39 is 0 Å². The van der Waals surface area contributed by atoms with Gasteiger partial charge in [-0.05, 0) is 0 Å². The third kappa shape index (κ3) is 5.47. The first-order chi connectivity index (χ1) is 11.1. The Morgan fingerprint density at radius 3 is 2.21 bits per heavy atom. The van der Waals surface area contributed by atoms with Gasteiger partial charge in [0.1, 0.15) is 0 Å². The van der Waals surface area contributed by atoms with Gasteiger partial charge in [0.25, 0.3) is 0 Å². The first-order valence-electron chi connectivity index (χ1n) is 8.79. The Morgan fingerprint density at radius 2 is 1.71 bits per heavy atom. The van der Waals surface area contributed by atoms with Gasteiger partial charge < -0.3 is 0 Å². The normalized spacial score (nSPS) is 11.5. The minimum absolute atomic E-state index is 0.0835. The fourth-order valence-corrected chi connectivity index (χ4v) is 2.44. The second-order valence-corrected chi connectivity index (χ2v) is 8.18. The molecular weight excluding hydrogens is 295 g/mol. The van der Waals surface area contributed by atoms with Crippen LogP contribution in [0.2, 0.25) is 0 Å². The van der Waals surface area contributed by atoms with Crippen molar-refractivity contribution in [1.29, 1.82) is 0 Å². The van der Waals surface area contributed by atoms with Gasteiger partial charge in [-0.3, -0.25) is 0 Å². The molecule has 1 heterocycles. The van der Waals surface area contributed by atoms with E-state index >= 15 is 0 Å². The molecule has 1 aromatic carbocycles. The zero-order valence-electron chi connectivity index (χ0n) is 16.5. The van der Waals surface area contributed by atoms with E-state index in [-0.39, 0.29) is 10.8 Å². The van der Waals surface area contributed by atoms with E-state index in [1.165, 1.54) is 5.56 Å². The van der Waals surface area contributed by atoms with Crippen LogP contribution < -0.4 is 0 Å². The molecular formula is C21H31BO2. The molecule has 3 heteroatoms. The molecule has 0 radical (unpaired) electrons. The van der Waals surface area contributed by atoms with Crippen LogP contribution in [-0.4, -0.2) is 13.2 Å². The van der Waals surface area contributed by atoms with E-state index in [0.29, 0.717) is 5.46 Å². The molecule has 2 rings (SSSR count). The monoisotopic (exact) mass is 326 g/mol. The molecule has 0 fully saturated rings. The van der Waals surface area contributed by atoms with Gasteiger partial charge in [0.2, 0.25) is 0 Å². The average molecular weight is 326 g/mol. The Bertz CT molecular complexity index is 670. The first kappa shape index (κ1) is 20.4. The summed E-state index contributed by atoms with van der Waals surface area (Å²) in [7, 11) is 0. The van der Waals surface area contributed by atoms with Crippen molar-refractivity contribution in [3.05, 3.63) is 41.0 Å². The molecule has 0 bridgehead atoms. The summed E-state index contributed by atoms with van der Waals surface area (Å²) in [6, 6.07) is 8.35. The standard InChI is InChI=1S/C19H25BO2.C2H6/c1-18(2,3)11-16-15(12-21)20-17(22-16)13-8-7-9-14(10-13)19(4,5)6;1-2/h7-10,12H,11H2,1-6H3;1-2H3. The molecule has 0 aliphatic carbocycles. The summed E-state index contributed by atoms with van der Waals surface area (Å²) in [4.78, 5) is 11.3. The number of rotatable bonds is 3. The molecule has 0 aliphatic rings. The Morgan fingerprint density at radius 1 is 1.08 bits per heavy atom. The van der Waals surface area contributed by atoms with Crippen molar-refractivity contribution in [2.24, 2.45) is 5.41 Å².